The molecule has 0 spiro atoms. The van der Waals surface area contributed by atoms with Gasteiger partial charge in [0, 0.05) is 25.6 Å². The van der Waals surface area contributed by atoms with E-state index in [1.54, 1.807) is 13.2 Å². The van der Waals surface area contributed by atoms with Gasteiger partial charge in [-0.1, -0.05) is 30.3 Å². The third-order valence-electron chi connectivity index (χ3n) is 6.18. The van der Waals surface area contributed by atoms with Crippen LogP contribution in [0.4, 0.5) is 0 Å². The maximum absolute atomic E-state index is 13.3. The Morgan fingerprint density at radius 2 is 1.86 bits per heavy atom. The summed E-state index contributed by atoms with van der Waals surface area (Å²) in [6, 6.07) is 12.4. The molecule has 1 saturated heterocycles. The number of guanidine groups is 1. The van der Waals surface area contributed by atoms with Crippen molar-refractivity contribution in [1.29, 1.82) is 5.41 Å². The number of benzene rings is 1. The van der Waals surface area contributed by atoms with E-state index in [1.165, 1.54) is 23.3 Å². The van der Waals surface area contributed by atoms with Crippen molar-refractivity contribution in [3.8, 4) is 0 Å². The molecule has 2 N–H and O–H groups in total. The number of imidazole rings is 1. The van der Waals surface area contributed by atoms with E-state index in [4.69, 9.17) is 5.41 Å². The van der Waals surface area contributed by atoms with Gasteiger partial charge in [0.2, 0.25) is 5.91 Å². The molecule has 3 aromatic rings. The lowest BCUT2D eigenvalue weighted by Crippen LogP contribution is -2.62. The summed E-state index contributed by atoms with van der Waals surface area (Å²) in [6.07, 6.45) is 8.15. The Kier molecular flexibility index (Phi) is 3.59. The Labute approximate surface area is 163 Å². The van der Waals surface area contributed by atoms with Crippen LogP contribution >= 0.6 is 0 Å². The van der Waals surface area contributed by atoms with Crippen molar-refractivity contribution in [2.75, 3.05) is 7.05 Å². The average Bonchev–Trinajstić information content (AvgIpc) is 3.43. The Morgan fingerprint density at radius 3 is 2.57 bits per heavy atom. The molecule has 2 fully saturated rings. The number of nitrogens with zero attached hydrogens (tertiary/aromatic N) is 3. The fraction of sp³-hybridized carbons (Fsp3) is 0.318. The van der Waals surface area contributed by atoms with E-state index in [2.05, 4.69) is 34.6 Å². The number of carbonyl (C=O) groups is 1. The number of fused-ring (bicyclic) bond motifs is 1. The summed E-state index contributed by atoms with van der Waals surface area (Å²) in [7, 11) is 1.65. The molecule has 1 aliphatic carbocycles. The lowest BCUT2D eigenvalue weighted by molar-refractivity contribution is -0.131. The first kappa shape index (κ1) is 17.0. The normalized spacial score (nSPS) is 25.2. The van der Waals surface area contributed by atoms with Crippen LogP contribution in [0, 0.1) is 5.41 Å². The van der Waals surface area contributed by atoms with Crippen LogP contribution in [0.2, 0.25) is 0 Å². The fourth-order valence-electron chi connectivity index (χ4n) is 4.27. The molecule has 6 nitrogen and oxygen atoms in total. The van der Waals surface area contributed by atoms with E-state index in [0.717, 1.165) is 16.8 Å². The lowest BCUT2D eigenvalue weighted by atomic mass is 9.74. The minimum absolute atomic E-state index is 0.0730. The minimum atomic E-state index is -0.736. The van der Waals surface area contributed by atoms with Crippen molar-refractivity contribution in [3.63, 3.8) is 0 Å². The van der Waals surface area contributed by atoms with Gasteiger partial charge in [-0.3, -0.25) is 15.1 Å². The largest absolute Gasteiger partial charge is 0.346 e. The van der Waals surface area contributed by atoms with Gasteiger partial charge in [0.25, 0.3) is 0 Å². The zero-order valence-electron chi connectivity index (χ0n) is 16.0. The second-order valence-electron chi connectivity index (χ2n) is 8.06. The highest BCUT2D eigenvalue weighted by atomic mass is 16.2. The van der Waals surface area contributed by atoms with E-state index >= 15 is 0 Å². The third-order valence-corrected chi connectivity index (χ3v) is 6.18. The highest BCUT2D eigenvalue weighted by Gasteiger charge is 2.48. The average molecular weight is 373 g/mol. The van der Waals surface area contributed by atoms with Crippen LogP contribution in [0.5, 0.6) is 0 Å². The fourth-order valence-corrected chi connectivity index (χ4v) is 4.27. The predicted molar refractivity (Wildman–Crippen MR) is 107 cm³/mol. The van der Waals surface area contributed by atoms with Crippen molar-refractivity contribution < 1.29 is 4.79 Å². The molecular formula is C22H23N5O. The number of nitrogens with one attached hydrogen (secondary N) is 2. The monoisotopic (exact) mass is 373 g/mol. The van der Waals surface area contributed by atoms with Crippen LogP contribution < -0.4 is 5.32 Å². The van der Waals surface area contributed by atoms with Gasteiger partial charge in [-0.15, -0.1) is 0 Å². The van der Waals surface area contributed by atoms with Crippen LogP contribution in [0.25, 0.3) is 5.65 Å². The molecule has 2 aliphatic rings. The second-order valence-corrected chi connectivity index (χ2v) is 8.06. The molecule has 142 valence electrons. The van der Waals surface area contributed by atoms with Gasteiger partial charge in [0.1, 0.15) is 5.65 Å². The SMILES string of the molecule is CN1C(=N)N[C@](C)(c2ccc3nccn3c2)C(c2ccc(C3CC3)cc2)C1=O. The van der Waals surface area contributed by atoms with Gasteiger partial charge in [-0.2, -0.15) is 0 Å². The molecule has 2 atom stereocenters. The van der Waals surface area contributed by atoms with Crippen molar-refractivity contribution in [2.45, 2.75) is 37.1 Å². The van der Waals surface area contributed by atoms with Gasteiger partial charge in [0.05, 0.1) is 11.5 Å². The van der Waals surface area contributed by atoms with Crippen molar-refractivity contribution in [1.82, 2.24) is 19.6 Å². The standard InChI is InChI=1S/C22H23N5O/c1-22(17-9-10-18-24-11-12-27(18)13-17)19(20(28)26(2)21(23)25-22)16-7-5-15(6-8-16)14-3-4-14/h5-14,19H,3-4H2,1-2H3,(H2,23,25)/t19?,22-/m1/s1. The van der Waals surface area contributed by atoms with E-state index in [9.17, 15) is 4.79 Å². The Morgan fingerprint density at radius 1 is 1.14 bits per heavy atom. The van der Waals surface area contributed by atoms with Crippen LogP contribution in [-0.2, 0) is 10.3 Å². The van der Waals surface area contributed by atoms with Crippen molar-refractivity contribution >= 4 is 17.5 Å². The molecule has 0 bridgehead atoms. The third kappa shape index (κ3) is 2.52. The zero-order chi connectivity index (χ0) is 19.5. The molecule has 1 aliphatic heterocycles. The maximum Gasteiger partial charge on any atom is 0.239 e. The van der Waals surface area contributed by atoms with Gasteiger partial charge in [-0.05, 0) is 48.4 Å². The van der Waals surface area contributed by atoms with Gasteiger partial charge in [0.15, 0.2) is 5.96 Å². The number of pyridine rings is 1. The number of likely N-dealkylation sites (N-methyl/N-ethyl adjacent to an activating group) is 1. The first-order valence-corrected chi connectivity index (χ1v) is 9.65. The summed E-state index contributed by atoms with van der Waals surface area (Å²) < 4.78 is 1.95. The molecule has 6 heteroatoms. The molecule has 28 heavy (non-hydrogen) atoms. The summed E-state index contributed by atoms with van der Waals surface area (Å²) in [5.74, 6) is 0.293. The quantitative estimate of drug-likeness (QED) is 0.740. The van der Waals surface area contributed by atoms with E-state index in [1.807, 2.05) is 35.9 Å². The Hall–Kier alpha value is -3.15. The molecule has 1 amide bonds. The van der Waals surface area contributed by atoms with Gasteiger partial charge in [-0.25, -0.2) is 4.98 Å². The zero-order valence-corrected chi connectivity index (χ0v) is 16.0. The number of hydrogen-bond donors (Lipinski definition) is 2. The number of rotatable bonds is 3. The summed E-state index contributed by atoms with van der Waals surface area (Å²) in [6.45, 7) is 2.00. The highest BCUT2D eigenvalue weighted by Crippen LogP contribution is 2.43. The van der Waals surface area contributed by atoms with Crippen molar-refractivity contribution in [3.05, 3.63) is 71.7 Å². The number of carbonyl (C=O) groups excluding carboxylic acids is 1. The van der Waals surface area contributed by atoms with Crippen LogP contribution in [0.3, 0.4) is 0 Å². The maximum atomic E-state index is 13.3. The summed E-state index contributed by atoms with van der Waals surface area (Å²) >= 11 is 0. The Balaban J connectivity index is 1.62. The molecule has 2 aromatic heterocycles. The lowest BCUT2D eigenvalue weighted by Gasteiger charge is -2.45. The molecule has 3 heterocycles. The first-order valence-electron chi connectivity index (χ1n) is 9.65. The first-order chi connectivity index (χ1) is 13.5. The van der Waals surface area contributed by atoms with Crippen LogP contribution in [-0.4, -0.2) is 33.2 Å². The highest BCUT2D eigenvalue weighted by molar-refractivity contribution is 6.02. The minimum Gasteiger partial charge on any atom is -0.346 e. The van der Waals surface area contributed by atoms with Gasteiger partial charge >= 0.3 is 0 Å². The van der Waals surface area contributed by atoms with Crippen LogP contribution in [0.1, 0.15) is 48.3 Å². The van der Waals surface area contributed by atoms with Gasteiger partial charge < -0.3 is 9.72 Å². The number of aromatic nitrogens is 2. The smallest absolute Gasteiger partial charge is 0.239 e. The molecule has 0 radical (unpaired) electrons. The number of hydrogen-bond acceptors (Lipinski definition) is 3. The summed E-state index contributed by atoms with van der Waals surface area (Å²) in [4.78, 5) is 19.0. The topological polar surface area (TPSA) is 73.5 Å². The summed E-state index contributed by atoms with van der Waals surface area (Å²) in [5.41, 5.74) is 3.38. The van der Waals surface area contributed by atoms with Crippen molar-refractivity contribution in [2.24, 2.45) is 0 Å². The molecule has 1 aromatic carbocycles. The molecule has 5 rings (SSSR count). The predicted octanol–water partition coefficient (Wildman–Crippen LogP) is 3.21. The Bertz CT molecular complexity index is 1080. The molecular weight excluding hydrogens is 350 g/mol. The van der Waals surface area contributed by atoms with E-state index < -0.39 is 11.5 Å². The van der Waals surface area contributed by atoms with E-state index in [-0.39, 0.29) is 11.9 Å². The molecule has 1 saturated carbocycles. The molecule has 1 unspecified atom stereocenters. The number of amides is 1. The second kappa shape index (κ2) is 5.92. The van der Waals surface area contributed by atoms with E-state index in [0.29, 0.717) is 5.92 Å². The summed E-state index contributed by atoms with van der Waals surface area (Å²) in [5, 5.41) is 11.6. The van der Waals surface area contributed by atoms with Crippen LogP contribution in [0.15, 0.2) is 55.0 Å².